The molecular formula is C25H27FN2O4. The summed E-state index contributed by atoms with van der Waals surface area (Å²) in [6.45, 7) is 1.85. The molecule has 168 valence electrons. The number of benzene rings is 2. The largest absolute Gasteiger partial charge is 0.467 e. The highest BCUT2D eigenvalue weighted by atomic mass is 19.1. The maximum absolute atomic E-state index is 13.7. The van der Waals surface area contributed by atoms with Crippen LogP contribution in [-0.2, 0) is 22.7 Å². The van der Waals surface area contributed by atoms with Gasteiger partial charge in [0.05, 0.1) is 24.7 Å². The van der Waals surface area contributed by atoms with Crippen molar-refractivity contribution in [2.24, 2.45) is 5.16 Å². The lowest BCUT2D eigenvalue weighted by Crippen LogP contribution is -2.39. The first-order valence-corrected chi connectivity index (χ1v) is 10.7. The van der Waals surface area contributed by atoms with E-state index in [1.807, 2.05) is 47.4 Å². The van der Waals surface area contributed by atoms with Gasteiger partial charge in [-0.05, 0) is 35.4 Å². The van der Waals surface area contributed by atoms with Gasteiger partial charge in [-0.1, -0.05) is 47.6 Å². The highest BCUT2D eigenvalue weighted by Gasteiger charge is 2.25. The quantitative estimate of drug-likeness (QED) is 0.490. The summed E-state index contributed by atoms with van der Waals surface area (Å²) in [5.74, 6) is 0.426. The van der Waals surface area contributed by atoms with E-state index in [1.54, 1.807) is 18.4 Å². The van der Waals surface area contributed by atoms with E-state index in [9.17, 15) is 9.50 Å². The van der Waals surface area contributed by atoms with E-state index < -0.39 is 6.10 Å². The molecule has 1 aromatic heterocycles. The molecule has 1 aliphatic heterocycles. The van der Waals surface area contributed by atoms with Crippen LogP contribution >= 0.6 is 0 Å². The summed E-state index contributed by atoms with van der Waals surface area (Å²) in [6, 6.07) is 20.0. The molecule has 2 unspecified atom stereocenters. The number of nitrogens with zero attached hydrogens (tertiary/aromatic N) is 2. The molecule has 3 aromatic rings. The summed E-state index contributed by atoms with van der Waals surface area (Å²) < 4.78 is 24.5. The van der Waals surface area contributed by atoms with Crippen LogP contribution in [0.15, 0.2) is 82.6 Å². The second-order valence-corrected chi connectivity index (χ2v) is 7.91. The summed E-state index contributed by atoms with van der Waals surface area (Å²) in [5.41, 5.74) is 2.78. The highest BCUT2D eigenvalue weighted by Crippen LogP contribution is 2.19. The lowest BCUT2D eigenvalue weighted by atomic mass is 10.0. The minimum absolute atomic E-state index is 0.144. The molecule has 4 rings (SSSR count). The molecule has 0 saturated carbocycles. The van der Waals surface area contributed by atoms with Crippen LogP contribution < -0.4 is 0 Å². The van der Waals surface area contributed by atoms with E-state index in [-0.39, 0.29) is 18.5 Å². The van der Waals surface area contributed by atoms with Gasteiger partial charge in [0.2, 0.25) is 0 Å². The van der Waals surface area contributed by atoms with Crippen molar-refractivity contribution in [1.82, 2.24) is 4.90 Å². The van der Waals surface area contributed by atoms with E-state index in [0.717, 1.165) is 16.8 Å². The van der Waals surface area contributed by atoms with Crippen LogP contribution in [0.3, 0.4) is 0 Å². The van der Waals surface area contributed by atoms with Crippen LogP contribution in [0.1, 0.15) is 23.3 Å². The van der Waals surface area contributed by atoms with Crippen molar-refractivity contribution in [2.75, 3.05) is 19.7 Å². The average Bonchev–Trinajstić information content (AvgIpc) is 3.47. The molecule has 6 nitrogen and oxygen atoms in total. The summed E-state index contributed by atoms with van der Waals surface area (Å²) in [5, 5.41) is 14.8. The normalized spacial score (nSPS) is 16.7. The zero-order valence-electron chi connectivity index (χ0n) is 17.8. The van der Waals surface area contributed by atoms with Crippen LogP contribution in [0.25, 0.3) is 0 Å². The van der Waals surface area contributed by atoms with Crippen molar-refractivity contribution in [3.8, 4) is 0 Å². The van der Waals surface area contributed by atoms with Gasteiger partial charge in [0, 0.05) is 26.1 Å². The number of hydrogen-bond donors (Lipinski definition) is 1. The molecular weight excluding hydrogens is 411 g/mol. The summed E-state index contributed by atoms with van der Waals surface area (Å²) in [6.07, 6.45) is 1.40. The lowest BCUT2D eigenvalue weighted by molar-refractivity contribution is -0.00957. The predicted molar refractivity (Wildman–Crippen MR) is 119 cm³/mol. The number of aliphatic hydroxyl groups excluding tert-OH is 1. The van der Waals surface area contributed by atoms with Gasteiger partial charge in [-0.25, -0.2) is 4.39 Å². The van der Waals surface area contributed by atoms with Crippen LogP contribution in [0.5, 0.6) is 0 Å². The summed E-state index contributed by atoms with van der Waals surface area (Å²) in [4.78, 5) is 7.72. The molecule has 2 heterocycles. The SMILES string of the molecule is OC(COCc1ccco1)CN(Cc1cccc(F)c1)CC1CC(c2ccccc2)=NO1. The predicted octanol–water partition coefficient (Wildman–Crippen LogP) is 3.99. The number of rotatable bonds is 11. The Kier molecular flexibility index (Phi) is 7.66. The van der Waals surface area contributed by atoms with Crippen molar-refractivity contribution in [1.29, 1.82) is 0 Å². The van der Waals surface area contributed by atoms with E-state index in [0.29, 0.717) is 38.4 Å². The fourth-order valence-electron chi connectivity index (χ4n) is 3.75. The zero-order valence-corrected chi connectivity index (χ0v) is 17.8. The Bertz CT molecular complexity index is 994. The van der Waals surface area contributed by atoms with Gasteiger partial charge < -0.3 is 19.1 Å². The van der Waals surface area contributed by atoms with E-state index >= 15 is 0 Å². The third-order valence-electron chi connectivity index (χ3n) is 5.20. The number of ether oxygens (including phenoxy) is 1. The molecule has 32 heavy (non-hydrogen) atoms. The van der Waals surface area contributed by atoms with Gasteiger partial charge >= 0.3 is 0 Å². The van der Waals surface area contributed by atoms with Crippen LogP contribution in [0.2, 0.25) is 0 Å². The zero-order chi connectivity index (χ0) is 22.2. The van der Waals surface area contributed by atoms with Crippen LogP contribution in [0.4, 0.5) is 4.39 Å². The Hall–Kier alpha value is -3.00. The third kappa shape index (κ3) is 6.50. The number of halogens is 1. The van der Waals surface area contributed by atoms with Gasteiger partial charge in [0.15, 0.2) is 0 Å². The number of oxime groups is 1. The van der Waals surface area contributed by atoms with Crippen LogP contribution in [0, 0.1) is 5.82 Å². The molecule has 0 spiro atoms. The minimum Gasteiger partial charge on any atom is -0.467 e. The lowest BCUT2D eigenvalue weighted by Gasteiger charge is -2.27. The molecule has 0 saturated heterocycles. The third-order valence-corrected chi connectivity index (χ3v) is 5.20. The second-order valence-electron chi connectivity index (χ2n) is 7.91. The highest BCUT2D eigenvalue weighted by molar-refractivity contribution is 6.01. The molecule has 0 bridgehead atoms. The maximum atomic E-state index is 13.7. The summed E-state index contributed by atoms with van der Waals surface area (Å²) >= 11 is 0. The first kappa shape index (κ1) is 22.2. The van der Waals surface area contributed by atoms with E-state index in [1.165, 1.54) is 12.1 Å². The van der Waals surface area contributed by atoms with Gasteiger partial charge in [0.25, 0.3) is 0 Å². The Morgan fingerprint density at radius 1 is 1.12 bits per heavy atom. The molecule has 2 atom stereocenters. The van der Waals surface area contributed by atoms with E-state index in [2.05, 4.69) is 5.16 Å². The standard InChI is InChI=1S/C25H27FN2O4/c26-21-9-4-6-19(12-21)14-28(15-22(29)17-30-18-23-10-5-11-31-23)16-24-13-25(27-32-24)20-7-2-1-3-8-20/h1-12,22,24,29H,13-18H2. The first-order chi connectivity index (χ1) is 15.7. The molecule has 0 fully saturated rings. The Morgan fingerprint density at radius 3 is 2.78 bits per heavy atom. The first-order valence-electron chi connectivity index (χ1n) is 10.7. The van der Waals surface area contributed by atoms with Crippen LogP contribution in [-0.4, -0.2) is 47.6 Å². The molecule has 7 heteroatoms. The second kappa shape index (κ2) is 11.0. The fourth-order valence-corrected chi connectivity index (χ4v) is 3.75. The molecule has 0 aliphatic carbocycles. The Labute approximate surface area is 186 Å². The average molecular weight is 438 g/mol. The minimum atomic E-state index is -0.713. The number of hydrogen-bond acceptors (Lipinski definition) is 6. The maximum Gasteiger partial charge on any atom is 0.145 e. The smallest absolute Gasteiger partial charge is 0.145 e. The van der Waals surface area contributed by atoms with Crippen molar-refractivity contribution >= 4 is 5.71 Å². The molecule has 0 radical (unpaired) electrons. The van der Waals surface area contributed by atoms with E-state index in [4.69, 9.17) is 14.0 Å². The number of furan rings is 1. The summed E-state index contributed by atoms with van der Waals surface area (Å²) in [7, 11) is 0. The van der Waals surface area contributed by atoms with Crippen molar-refractivity contribution in [2.45, 2.75) is 31.8 Å². The Balaban J connectivity index is 1.34. The van der Waals surface area contributed by atoms with Gasteiger partial charge in [-0.2, -0.15) is 0 Å². The van der Waals surface area contributed by atoms with Gasteiger partial charge in [0.1, 0.15) is 24.3 Å². The molecule has 0 amide bonds. The number of aliphatic hydroxyl groups is 1. The van der Waals surface area contributed by atoms with Gasteiger partial charge in [-0.15, -0.1) is 0 Å². The molecule has 1 aliphatic rings. The monoisotopic (exact) mass is 438 g/mol. The fraction of sp³-hybridized carbons (Fsp3) is 0.320. The molecule has 1 N–H and O–H groups in total. The van der Waals surface area contributed by atoms with Crippen molar-refractivity contribution < 1.29 is 23.5 Å². The van der Waals surface area contributed by atoms with Gasteiger partial charge in [-0.3, -0.25) is 4.90 Å². The van der Waals surface area contributed by atoms with Crippen molar-refractivity contribution in [3.05, 3.63) is 95.7 Å². The molecule has 2 aromatic carbocycles. The Morgan fingerprint density at radius 2 is 2.00 bits per heavy atom. The van der Waals surface area contributed by atoms with Crippen molar-refractivity contribution in [3.63, 3.8) is 0 Å². The topological polar surface area (TPSA) is 67.4 Å².